The van der Waals surface area contributed by atoms with Crippen LogP contribution in [-0.4, -0.2) is 28.6 Å². The second-order valence-corrected chi connectivity index (χ2v) is 6.15. The number of hydrogen-bond acceptors (Lipinski definition) is 3. The van der Waals surface area contributed by atoms with Crippen LogP contribution in [0.4, 0.5) is 0 Å². The molecule has 0 saturated carbocycles. The van der Waals surface area contributed by atoms with E-state index in [1.165, 1.54) is 4.88 Å². The molecule has 0 atom stereocenters. The predicted molar refractivity (Wildman–Crippen MR) is 65.2 cm³/mol. The largest absolute Gasteiger partial charge is 0.480 e. The summed E-state index contributed by atoms with van der Waals surface area (Å²) in [5, 5.41) is 8.77. The molecule has 15 heavy (non-hydrogen) atoms. The Kier molecular flexibility index (Phi) is 4.76. The average molecular weight is 292 g/mol. The molecule has 0 radical (unpaired) electrons. The van der Waals surface area contributed by atoms with Gasteiger partial charge in [-0.05, 0) is 41.9 Å². The van der Waals surface area contributed by atoms with Crippen molar-refractivity contribution in [2.75, 3.05) is 6.54 Å². The molecule has 0 fully saturated rings. The first-order chi connectivity index (χ1) is 6.99. The lowest BCUT2D eigenvalue weighted by Crippen LogP contribution is -2.34. The summed E-state index contributed by atoms with van der Waals surface area (Å²) in [5.41, 5.74) is 0. The number of rotatable bonds is 5. The summed E-state index contributed by atoms with van der Waals surface area (Å²) in [4.78, 5) is 13.8. The Morgan fingerprint density at radius 1 is 1.60 bits per heavy atom. The highest BCUT2D eigenvalue weighted by Crippen LogP contribution is 2.23. The highest BCUT2D eigenvalue weighted by Gasteiger charge is 2.14. The number of carboxylic acid groups (broad SMARTS) is 1. The van der Waals surface area contributed by atoms with Crippen molar-refractivity contribution in [3.05, 3.63) is 20.8 Å². The molecule has 0 saturated heterocycles. The van der Waals surface area contributed by atoms with Crippen LogP contribution in [0.25, 0.3) is 0 Å². The van der Waals surface area contributed by atoms with Crippen molar-refractivity contribution in [3.63, 3.8) is 0 Å². The molecule has 5 heteroatoms. The van der Waals surface area contributed by atoms with Gasteiger partial charge in [0, 0.05) is 17.5 Å². The quantitative estimate of drug-likeness (QED) is 0.907. The van der Waals surface area contributed by atoms with E-state index in [9.17, 15) is 4.79 Å². The molecule has 1 aromatic heterocycles. The van der Waals surface area contributed by atoms with E-state index in [4.69, 9.17) is 5.11 Å². The Bertz CT molecular complexity index is 338. The molecule has 0 unspecified atom stereocenters. The van der Waals surface area contributed by atoms with Gasteiger partial charge < -0.3 is 5.11 Å². The maximum atomic E-state index is 10.7. The third-order valence-electron chi connectivity index (χ3n) is 2.06. The van der Waals surface area contributed by atoms with E-state index in [0.29, 0.717) is 6.54 Å². The minimum absolute atomic E-state index is 0.0905. The minimum atomic E-state index is -0.778. The van der Waals surface area contributed by atoms with E-state index in [1.807, 2.05) is 30.9 Å². The fourth-order valence-corrected chi connectivity index (χ4v) is 2.74. The second kappa shape index (κ2) is 5.63. The number of thiophene rings is 1. The van der Waals surface area contributed by atoms with Crippen LogP contribution in [-0.2, 0) is 11.3 Å². The summed E-state index contributed by atoms with van der Waals surface area (Å²) >= 11 is 5.04. The zero-order valence-electron chi connectivity index (χ0n) is 8.74. The van der Waals surface area contributed by atoms with Crippen molar-refractivity contribution in [1.29, 1.82) is 0 Å². The first-order valence-corrected chi connectivity index (χ1v) is 6.30. The molecule has 1 heterocycles. The van der Waals surface area contributed by atoms with Crippen LogP contribution < -0.4 is 0 Å². The van der Waals surface area contributed by atoms with Crippen molar-refractivity contribution >= 4 is 33.2 Å². The molecule has 0 spiro atoms. The summed E-state index contributed by atoms with van der Waals surface area (Å²) in [5.74, 6) is -0.778. The first kappa shape index (κ1) is 12.7. The van der Waals surface area contributed by atoms with Crippen LogP contribution >= 0.6 is 27.3 Å². The van der Waals surface area contributed by atoms with Crippen LogP contribution in [0.15, 0.2) is 15.9 Å². The Balaban J connectivity index is 2.62. The van der Waals surface area contributed by atoms with Gasteiger partial charge >= 0.3 is 5.97 Å². The zero-order valence-corrected chi connectivity index (χ0v) is 11.1. The van der Waals surface area contributed by atoms with Gasteiger partial charge in [-0.25, -0.2) is 0 Å². The van der Waals surface area contributed by atoms with E-state index >= 15 is 0 Å². The molecule has 1 N–H and O–H groups in total. The third kappa shape index (κ3) is 4.32. The Morgan fingerprint density at radius 3 is 2.67 bits per heavy atom. The maximum Gasteiger partial charge on any atom is 0.317 e. The molecule has 1 rings (SSSR count). The lowest BCUT2D eigenvalue weighted by molar-refractivity contribution is -0.138. The van der Waals surface area contributed by atoms with Crippen LogP contribution in [0.2, 0.25) is 0 Å². The van der Waals surface area contributed by atoms with Gasteiger partial charge in [0.1, 0.15) is 0 Å². The summed E-state index contributed by atoms with van der Waals surface area (Å²) in [6, 6.07) is 4.24. The van der Waals surface area contributed by atoms with Gasteiger partial charge in [-0.3, -0.25) is 9.69 Å². The average Bonchev–Trinajstić information content (AvgIpc) is 2.49. The fourth-order valence-electron chi connectivity index (χ4n) is 1.23. The summed E-state index contributed by atoms with van der Waals surface area (Å²) in [6.07, 6.45) is 0. The summed E-state index contributed by atoms with van der Waals surface area (Å²) < 4.78 is 1.08. The molecule has 84 valence electrons. The molecule has 0 aliphatic rings. The molecule has 0 aliphatic heterocycles. The number of carboxylic acids is 1. The number of halogens is 1. The van der Waals surface area contributed by atoms with Gasteiger partial charge in [-0.15, -0.1) is 11.3 Å². The van der Waals surface area contributed by atoms with Crippen LogP contribution in [0.3, 0.4) is 0 Å². The van der Waals surface area contributed by atoms with Crippen molar-refractivity contribution in [2.45, 2.75) is 26.4 Å². The molecular formula is C10H14BrNO2S. The lowest BCUT2D eigenvalue weighted by atomic mass is 10.3. The zero-order chi connectivity index (χ0) is 11.4. The SMILES string of the molecule is CC(C)N(CC(=O)O)Cc1ccc(Br)s1. The molecule has 0 amide bonds. The van der Waals surface area contributed by atoms with E-state index in [1.54, 1.807) is 11.3 Å². The van der Waals surface area contributed by atoms with Gasteiger partial charge in [0.2, 0.25) is 0 Å². The fraction of sp³-hybridized carbons (Fsp3) is 0.500. The molecular weight excluding hydrogens is 278 g/mol. The van der Waals surface area contributed by atoms with Crippen LogP contribution in [0, 0.1) is 0 Å². The topological polar surface area (TPSA) is 40.5 Å². The first-order valence-electron chi connectivity index (χ1n) is 4.69. The Labute approximate surface area is 102 Å². The monoisotopic (exact) mass is 291 g/mol. The number of aliphatic carboxylic acids is 1. The highest BCUT2D eigenvalue weighted by molar-refractivity contribution is 9.11. The van der Waals surface area contributed by atoms with Gasteiger partial charge in [-0.1, -0.05) is 0 Å². The van der Waals surface area contributed by atoms with Gasteiger partial charge in [0.25, 0.3) is 0 Å². The lowest BCUT2D eigenvalue weighted by Gasteiger charge is -2.23. The standard InChI is InChI=1S/C10H14BrNO2S/c1-7(2)12(6-10(13)14)5-8-3-4-9(11)15-8/h3-4,7H,5-6H2,1-2H3,(H,13,14). The van der Waals surface area contributed by atoms with E-state index < -0.39 is 5.97 Å². The van der Waals surface area contributed by atoms with E-state index in [-0.39, 0.29) is 12.6 Å². The molecule has 0 bridgehead atoms. The number of carbonyl (C=O) groups is 1. The predicted octanol–water partition coefficient (Wildman–Crippen LogP) is 2.81. The van der Waals surface area contributed by atoms with Gasteiger partial charge in [0.15, 0.2) is 0 Å². The number of nitrogens with zero attached hydrogens (tertiary/aromatic N) is 1. The Hall–Kier alpha value is -0.390. The summed E-state index contributed by atoms with van der Waals surface area (Å²) in [6.45, 7) is 4.80. The van der Waals surface area contributed by atoms with Crippen LogP contribution in [0.1, 0.15) is 18.7 Å². The number of hydrogen-bond donors (Lipinski definition) is 1. The van der Waals surface area contributed by atoms with Crippen LogP contribution in [0.5, 0.6) is 0 Å². The molecule has 0 aliphatic carbocycles. The molecule has 3 nitrogen and oxygen atoms in total. The highest BCUT2D eigenvalue weighted by atomic mass is 79.9. The van der Waals surface area contributed by atoms with Gasteiger partial charge in [0.05, 0.1) is 10.3 Å². The smallest absolute Gasteiger partial charge is 0.317 e. The molecule has 0 aromatic carbocycles. The van der Waals surface area contributed by atoms with Crippen molar-refractivity contribution in [2.24, 2.45) is 0 Å². The summed E-state index contributed by atoms with van der Waals surface area (Å²) in [7, 11) is 0. The third-order valence-corrected chi connectivity index (χ3v) is 3.66. The van der Waals surface area contributed by atoms with Crippen molar-refractivity contribution in [1.82, 2.24) is 4.90 Å². The van der Waals surface area contributed by atoms with Crippen molar-refractivity contribution in [3.8, 4) is 0 Å². The second-order valence-electron chi connectivity index (χ2n) is 3.60. The Morgan fingerprint density at radius 2 is 2.27 bits per heavy atom. The van der Waals surface area contributed by atoms with E-state index in [2.05, 4.69) is 15.9 Å². The molecule has 1 aromatic rings. The normalized spacial score (nSPS) is 11.3. The van der Waals surface area contributed by atoms with Crippen molar-refractivity contribution < 1.29 is 9.90 Å². The minimum Gasteiger partial charge on any atom is -0.480 e. The van der Waals surface area contributed by atoms with E-state index in [0.717, 1.165) is 3.79 Å². The maximum absolute atomic E-state index is 10.7. The van der Waals surface area contributed by atoms with Gasteiger partial charge in [-0.2, -0.15) is 0 Å².